The number of pyridine rings is 1. The third-order valence-electron chi connectivity index (χ3n) is 4.55. The Labute approximate surface area is 184 Å². The molecule has 2 aromatic heterocycles. The van der Waals surface area contributed by atoms with Gasteiger partial charge in [-0.3, -0.25) is 9.78 Å². The first-order valence-corrected chi connectivity index (χ1v) is 10.2. The Morgan fingerprint density at radius 2 is 1.97 bits per heavy atom. The summed E-state index contributed by atoms with van der Waals surface area (Å²) in [6.07, 6.45) is 3.35. The van der Waals surface area contributed by atoms with Gasteiger partial charge in [0.25, 0.3) is 5.91 Å². The molecule has 4 rings (SSSR count). The van der Waals surface area contributed by atoms with Crippen LogP contribution in [0.3, 0.4) is 0 Å². The number of halogens is 1. The minimum atomic E-state index is -0.333. The number of amides is 1. The van der Waals surface area contributed by atoms with Gasteiger partial charge in [-0.2, -0.15) is 0 Å². The number of hydrogen-bond donors (Lipinski definition) is 1. The van der Waals surface area contributed by atoms with Crippen LogP contribution in [-0.4, -0.2) is 32.5 Å². The van der Waals surface area contributed by atoms with Gasteiger partial charge in [-0.05, 0) is 61.0 Å². The summed E-state index contributed by atoms with van der Waals surface area (Å²) in [5, 5.41) is 11.9. The first kappa shape index (κ1) is 20.6. The molecule has 0 radical (unpaired) electrons. The van der Waals surface area contributed by atoms with E-state index in [0.717, 1.165) is 22.6 Å². The standard InChI is InChI=1S/C23H20ClN5O2/c1-2-31-20-7-3-5-16(13-20)14-26-23(30)21-22(17-6-4-12-25-15-17)29(28-27-21)19-10-8-18(24)9-11-19/h3-13,15H,2,14H2,1H3,(H,26,30). The van der Waals surface area contributed by atoms with Crippen molar-refractivity contribution in [1.82, 2.24) is 25.3 Å². The van der Waals surface area contributed by atoms with Crippen LogP contribution in [0.5, 0.6) is 5.75 Å². The summed E-state index contributed by atoms with van der Waals surface area (Å²) in [6.45, 7) is 2.84. The molecule has 0 aliphatic carbocycles. The fourth-order valence-electron chi connectivity index (χ4n) is 3.14. The molecule has 7 nitrogen and oxygen atoms in total. The number of ether oxygens (including phenoxy) is 1. The van der Waals surface area contributed by atoms with Gasteiger partial charge >= 0.3 is 0 Å². The summed E-state index contributed by atoms with van der Waals surface area (Å²) < 4.78 is 7.13. The molecule has 2 aromatic carbocycles. The van der Waals surface area contributed by atoms with Crippen molar-refractivity contribution in [3.8, 4) is 22.7 Å². The van der Waals surface area contributed by atoms with Gasteiger partial charge in [-0.15, -0.1) is 5.10 Å². The van der Waals surface area contributed by atoms with Crippen LogP contribution in [0.15, 0.2) is 73.1 Å². The average molecular weight is 434 g/mol. The molecule has 1 amide bonds. The molecule has 31 heavy (non-hydrogen) atoms. The van der Waals surface area contributed by atoms with Crippen molar-refractivity contribution < 1.29 is 9.53 Å². The first-order valence-electron chi connectivity index (χ1n) is 9.77. The third-order valence-corrected chi connectivity index (χ3v) is 4.81. The molecule has 156 valence electrons. The first-order chi connectivity index (χ1) is 15.2. The predicted molar refractivity (Wildman–Crippen MR) is 118 cm³/mol. The summed E-state index contributed by atoms with van der Waals surface area (Å²) in [5.74, 6) is 0.430. The molecule has 0 saturated heterocycles. The van der Waals surface area contributed by atoms with E-state index in [1.807, 2.05) is 49.4 Å². The summed E-state index contributed by atoms with van der Waals surface area (Å²) in [5.41, 5.74) is 3.15. The smallest absolute Gasteiger partial charge is 0.274 e. The quantitative estimate of drug-likeness (QED) is 0.469. The Hall–Kier alpha value is -3.71. The Morgan fingerprint density at radius 1 is 1.13 bits per heavy atom. The third kappa shape index (κ3) is 4.73. The molecule has 2 heterocycles. The maximum absolute atomic E-state index is 13.0. The van der Waals surface area contributed by atoms with Crippen molar-refractivity contribution in [3.05, 3.63) is 89.3 Å². The monoisotopic (exact) mass is 433 g/mol. The second kappa shape index (κ2) is 9.40. The van der Waals surface area contributed by atoms with Crippen LogP contribution in [0, 0.1) is 0 Å². The molecule has 0 aliphatic heterocycles. The van der Waals surface area contributed by atoms with Crippen molar-refractivity contribution in [2.45, 2.75) is 13.5 Å². The van der Waals surface area contributed by atoms with E-state index in [0.29, 0.717) is 23.9 Å². The SMILES string of the molecule is CCOc1cccc(CNC(=O)c2nnn(-c3ccc(Cl)cc3)c2-c2cccnc2)c1. The number of nitrogens with zero attached hydrogens (tertiary/aromatic N) is 4. The molecule has 0 spiro atoms. The fourth-order valence-corrected chi connectivity index (χ4v) is 3.26. The highest BCUT2D eigenvalue weighted by molar-refractivity contribution is 6.30. The lowest BCUT2D eigenvalue weighted by molar-refractivity contribution is 0.0946. The molecule has 0 aliphatic rings. The lowest BCUT2D eigenvalue weighted by atomic mass is 10.1. The molecule has 0 bridgehead atoms. The van der Waals surface area contributed by atoms with Crippen molar-refractivity contribution in [2.24, 2.45) is 0 Å². The van der Waals surface area contributed by atoms with Gasteiger partial charge in [0.2, 0.25) is 0 Å². The highest BCUT2D eigenvalue weighted by Crippen LogP contribution is 2.25. The van der Waals surface area contributed by atoms with E-state index in [2.05, 4.69) is 20.6 Å². The van der Waals surface area contributed by atoms with Crippen LogP contribution >= 0.6 is 11.6 Å². The molecule has 8 heteroatoms. The zero-order valence-electron chi connectivity index (χ0n) is 16.8. The van der Waals surface area contributed by atoms with Gasteiger partial charge in [-0.25, -0.2) is 4.68 Å². The molecular weight excluding hydrogens is 414 g/mol. The Balaban J connectivity index is 1.64. The molecule has 0 atom stereocenters. The predicted octanol–water partition coefficient (Wildman–Crippen LogP) is 4.31. The number of carbonyl (C=O) groups excluding carboxylic acids is 1. The molecular formula is C23H20ClN5O2. The van der Waals surface area contributed by atoms with Crippen LogP contribution in [-0.2, 0) is 6.54 Å². The van der Waals surface area contributed by atoms with Gasteiger partial charge < -0.3 is 10.1 Å². The molecule has 4 aromatic rings. The maximum Gasteiger partial charge on any atom is 0.274 e. The maximum atomic E-state index is 13.0. The number of nitrogens with one attached hydrogen (secondary N) is 1. The highest BCUT2D eigenvalue weighted by Gasteiger charge is 2.22. The second-order valence-corrected chi connectivity index (χ2v) is 7.12. The Kier molecular flexibility index (Phi) is 6.24. The topological polar surface area (TPSA) is 81.9 Å². The molecule has 0 saturated carbocycles. The summed E-state index contributed by atoms with van der Waals surface area (Å²) in [4.78, 5) is 17.2. The lowest BCUT2D eigenvalue weighted by Crippen LogP contribution is -2.24. The van der Waals surface area contributed by atoms with Gasteiger partial charge in [0.1, 0.15) is 11.4 Å². The normalized spacial score (nSPS) is 10.6. The van der Waals surface area contributed by atoms with Crippen molar-refractivity contribution in [3.63, 3.8) is 0 Å². The second-order valence-electron chi connectivity index (χ2n) is 6.68. The van der Waals surface area contributed by atoms with Crippen LogP contribution in [0.2, 0.25) is 5.02 Å². The average Bonchev–Trinajstić information content (AvgIpc) is 3.24. The minimum absolute atomic E-state index is 0.212. The number of rotatable bonds is 7. The minimum Gasteiger partial charge on any atom is -0.494 e. The Morgan fingerprint density at radius 3 is 2.71 bits per heavy atom. The summed E-state index contributed by atoms with van der Waals surface area (Å²) >= 11 is 6.01. The van der Waals surface area contributed by atoms with Gasteiger partial charge in [0, 0.05) is 29.5 Å². The summed E-state index contributed by atoms with van der Waals surface area (Å²) in [6, 6.07) is 18.4. The molecule has 1 N–H and O–H groups in total. The van der Waals surface area contributed by atoms with E-state index in [1.54, 1.807) is 35.3 Å². The molecule has 0 fully saturated rings. The highest BCUT2D eigenvalue weighted by atomic mass is 35.5. The Bertz CT molecular complexity index is 1180. The van der Waals surface area contributed by atoms with Crippen LogP contribution in [0.25, 0.3) is 16.9 Å². The number of aromatic nitrogens is 4. The van der Waals surface area contributed by atoms with E-state index in [9.17, 15) is 4.79 Å². The molecule has 0 unspecified atom stereocenters. The lowest BCUT2D eigenvalue weighted by Gasteiger charge is -2.09. The number of hydrogen-bond acceptors (Lipinski definition) is 5. The van der Waals surface area contributed by atoms with Crippen LogP contribution in [0.4, 0.5) is 0 Å². The van der Waals surface area contributed by atoms with Crippen molar-refractivity contribution >= 4 is 17.5 Å². The van der Waals surface area contributed by atoms with E-state index < -0.39 is 0 Å². The van der Waals surface area contributed by atoms with E-state index in [1.165, 1.54) is 0 Å². The van der Waals surface area contributed by atoms with Gasteiger partial charge in [0.05, 0.1) is 12.3 Å². The van der Waals surface area contributed by atoms with Crippen molar-refractivity contribution in [2.75, 3.05) is 6.61 Å². The summed E-state index contributed by atoms with van der Waals surface area (Å²) in [7, 11) is 0. The largest absolute Gasteiger partial charge is 0.494 e. The van der Waals surface area contributed by atoms with E-state index in [4.69, 9.17) is 16.3 Å². The zero-order chi connectivity index (χ0) is 21.6. The zero-order valence-corrected chi connectivity index (χ0v) is 17.6. The van der Waals surface area contributed by atoms with Crippen LogP contribution < -0.4 is 10.1 Å². The number of carbonyl (C=O) groups is 1. The fraction of sp³-hybridized carbons (Fsp3) is 0.130. The van der Waals surface area contributed by atoms with Gasteiger partial charge in [-0.1, -0.05) is 28.9 Å². The van der Waals surface area contributed by atoms with E-state index in [-0.39, 0.29) is 11.6 Å². The van der Waals surface area contributed by atoms with Gasteiger partial charge in [0.15, 0.2) is 5.69 Å². The van der Waals surface area contributed by atoms with E-state index >= 15 is 0 Å². The van der Waals surface area contributed by atoms with Crippen LogP contribution in [0.1, 0.15) is 23.0 Å². The number of benzene rings is 2. The van der Waals surface area contributed by atoms with Crippen molar-refractivity contribution in [1.29, 1.82) is 0 Å².